The van der Waals surface area contributed by atoms with E-state index in [1.54, 1.807) is 11.9 Å². The first kappa shape index (κ1) is 15.3. The fourth-order valence-electron chi connectivity index (χ4n) is 1.80. The predicted octanol–water partition coefficient (Wildman–Crippen LogP) is 2.68. The Morgan fingerprint density at radius 1 is 1.37 bits per heavy atom. The minimum Gasteiger partial charge on any atom is -0.465 e. The molecule has 0 heterocycles. The minimum absolute atomic E-state index is 0.0821. The van der Waals surface area contributed by atoms with E-state index in [1.807, 2.05) is 6.92 Å². The first-order valence-electron chi connectivity index (χ1n) is 6.19. The number of rotatable bonds is 4. The monoisotopic (exact) mass is 268 g/mol. The van der Waals surface area contributed by atoms with Crippen molar-refractivity contribution < 1.29 is 13.9 Å². The summed E-state index contributed by atoms with van der Waals surface area (Å²) >= 11 is 0. The molecule has 19 heavy (non-hydrogen) atoms. The summed E-state index contributed by atoms with van der Waals surface area (Å²) in [6.07, 6.45) is 0. The highest BCUT2D eigenvalue weighted by Gasteiger charge is 2.20. The zero-order chi connectivity index (χ0) is 14.7. The maximum atomic E-state index is 14.0. The summed E-state index contributed by atoms with van der Waals surface area (Å²) in [5.41, 5.74) is 6.25. The van der Waals surface area contributed by atoms with Crippen LogP contribution < -0.4 is 10.6 Å². The van der Waals surface area contributed by atoms with Crippen LogP contribution in [0.1, 0.15) is 31.1 Å². The van der Waals surface area contributed by atoms with E-state index in [2.05, 4.69) is 18.6 Å². The molecule has 1 atom stereocenters. The van der Waals surface area contributed by atoms with Crippen LogP contribution in [-0.2, 0) is 4.74 Å². The van der Waals surface area contributed by atoms with Gasteiger partial charge in [-0.1, -0.05) is 13.8 Å². The quantitative estimate of drug-likeness (QED) is 0.674. The van der Waals surface area contributed by atoms with Crippen molar-refractivity contribution in [2.75, 3.05) is 24.8 Å². The number of nitrogen functional groups attached to an aromatic ring is 1. The Labute approximate surface area is 113 Å². The number of anilines is 2. The van der Waals surface area contributed by atoms with Crippen LogP contribution in [0.25, 0.3) is 0 Å². The first-order valence-corrected chi connectivity index (χ1v) is 6.19. The molecule has 2 N–H and O–H groups in total. The van der Waals surface area contributed by atoms with Gasteiger partial charge in [0.25, 0.3) is 0 Å². The lowest BCUT2D eigenvalue weighted by Gasteiger charge is -2.30. The molecular formula is C14H21FN2O2. The largest absolute Gasteiger partial charge is 0.465 e. The van der Waals surface area contributed by atoms with Crippen molar-refractivity contribution in [1.82, 2.24) is 0 Å². The number of methoxy groups -OCH3 is 1. The van der Waals surface area contributed by atoms with E-state index in [0.717, 1.165) is 6.07 Å². The standard InChI is InChI=1S/C14H21FN2O2/c1-8(2)9(3)17(4)13-6-10(14(18)19-5)12(16)7-11(13)15/h6-9H,16H2,1-5H3. The Morgan fingerprint density at radius 2 is 1.95 bits per heavy atom. The molecule has 0 saturated carbocycles. The van der Waals surface area contributed by atoms with E-state index in [4.69, 9.17) is 5.73 Å². The second-order valence-corrected chi connectivity index (χ2v) is 4.98. The third kappa shape index (κ3) is 3.16. The number of esters is 1. The molecule has 0 bridgehead atoms. The minimum atomic E-state index is -0.565. The summed E-state index contributed by atoms with van der Waals surface area (Å²) in [7, 11) is 3.06. The van der Waals surface area contributed by atoms with Crippen molar-refractivity contribution in [2.45, 2.75) is 26.8 Å². The van der Waals surface area contributed by atoms with Crippen LogP contribution in [0, 0.1) is 11.7 Å². The van der Waals surface area contributed by atoms with Gasteiger partial charge in [-0.25, -0.2) is 9.18 Å². The van der Waals surface area contributed by atoms with Gasteiger partial charge in [0, 0.05) is 18.8 Å². The molecular weight excluding hydrogens is 247 g/mol. The van der Waals surface area contributed by atoms with Crippen LogP contribution >= 0.6 is 0 Å². The van der Waals surface area contributed by atoms with E-state index in [1.165, 1.54) is 13.2 Å². The number of halogens is 1. The number of ether oxygens (including phenoxy) is 1. The molecule has 1 aromatic rings. The fourth-order valence-corrected chi connectivity index (χ4v) is 1.80. The van der Waals surface area contributed by atoms with E-state index in [-0.39, 0.29) is 17.3 Å². The van der Waals surface area contributed by atoms with E-state index >= 15 is 0 Å². The number of carbonyl (C=O) groups excluding carboxylic acids is 1. The SMILES string of the molecule is COC(=O)c1cc(N(C)C(C)C(C)C)c(F)cc1N. The van der Waals surface area contributed by atoms with Crippen molar-refractivity contribution in [3.63, 3.8) is 0 Å². The second-order valence-electron chi connectivity index (χ2n) is 4.98. The highest BCUT2D eigenvalue weighted by atomic mass is 19.1. The third-order valence-electron chi connectivity index (χ3n) is 3.48. The average Bonchev–Trinajstić information content (AvgIpc) is 2.36. The number of nitrogens with zero attached hydrogens (tertiary/aromatic N) is 1. The van der Waals surface area contributed by atoms with Crippen molar-refractivity contribution in [3.05, 3.63) is 23.5 Å². The Kier molecular flexibility index (Phi) is 4.75. The molecule has 0 radical (unpaired) electrons. The van der Waals surface area contributed by atoms with E-state index < -0.39 is 11.8 Å². The average molecular weight is 268 g/mol. The maximum Gasteiger partial charge on any atom is 0.340 e. The maximum absolute atomic E-state index is 14.0. The van der Waals surface area contributed by atoms with Crippen LogP contribution in [0.4, 0.5) is 15.8 Å². The molecule has 0 aromatic heterocycles. The number of hydrogen-bond acceptors (Lipinski definition) is 4. The number of nitrogens with two attached hydrogens (primary N) is 1. The van der Waals surface area contributed by atoms with Crippen LogP contribution in [0.15, 0.2) is 12.1 Å². The summed E-state index contributed by atoms with van der Waals surface area (Å²) in [4.78, 5) is 13.4. The molecule has 4 nitrogen and oxygen atoms in total. The zero-order valence-electron chi connectivity index (χ0n) is 12.0. The predicted molar refractivity (Wildman–Crippen MR) is 74.9 cm³/mol. The van der Waals surface area contributed by atoms with Gasteiger partial charge in [0.15, 0.2) is 0 Å². The number of hydrogen-bond donors (Lipinski definition) is 1. The number of carbonyl (C=O) groups is 1. The Hall–Kier alpha value is -1.78. The van der Waals surface area contributed by atoms with Crippen molar-refractivity contribution >= 4 is 17.3 Å². The van der Waals surface area contributed by atoms with E-state index in [9.17, 15) is 9.18 Å². The summed E-state index contributed by atoms with van der Waals surface area (Å²) in [5.74, 6) is -0.659. The van der Waals surface area contributed by atoms with Gasteiger partial charge in [0.05, 0.1) is 18.4 Å². The van der Waals surface area contributed by atoms with Gasteiger partial charge in [0.2, 0.25) is 0 Å². The molecule has 0 amide bonds. The molecule has 106 valence electrons. The first-order chi connectivity index (χ1) is 8.79. The van der Waals surface area contributed by atoms with Gasteiger partial charge in [-0.15, -0.1) is 0 Å². The Morgan fingerprint density at radius 3 is 2.42 bits per heavy atom. The molecule has 0 aliphatic rings. The van der Waals surface area contributed by atoms with Crippen molar-refractivity contribution in [1.29, 1.82) is 0 Å². The lowest BCUT2D eigenvalue weighted by molar-refractivity contribution is 0.0602. The van der Waals surface area contributed by atoms with Gasteiger partial charge < -0.3 is 15.4 Å². The molecule has 0 fully saturated rings. The van der Waals surface area contributed by atoms with Gasteiger partial charge in [-0.3, -0.25) is 0 Å². The third-order valence-corrected chi connectivity index (χ3v) is 3.48. The molecule has 1 aromatic carbocycles. The normalized spacial score (nSPS) is 12.4. The summed E-state index contributed by atoms with van der Waals surface area (Å²) in [5, 5.41) is 0. The highest BCUT2D eigenvalue weighted by Crippen LogP contribution is 2.27. The molecule has 1 rings (SSSR count). The zero-order valence-corrected chi connectivity index (χ0v) is 12.0. The lowest BCUT2D eigenvalue weighted by Crippen LogP contribution is -2.34. The smallest absolute Gasteiger partial charge is 0.340 e. The van der Waals surface area contributed by atoms with Gasteiger partial charge in [-0.05, 0) is 25.0 Å². The Bertz CT molecular complexity index is 475. The van der Waals surface area contributed by atoms with Crippen LogP contribution in [-0.4, -0.2) is 26.2 Å². The van der Waals surface area contributed by atoms with Gasteiger partial charge in [0.1, 0.15) is 5.82 Å². The van der Waals surface area contributed by atoms with Crippen LogP contribution in [0.2, 0.25) is 0 Å². The molecule has 0 saturated heterocycles. The molecule has 0 aliphatic heterocycles. The second kappa shape index (κ2) is 5.91. The molecule has 1 unspecified atom stereocenters. The van der Waals surface area contributed by atoms with Gasteiger partial charge in [-0.2, -0.15) is 0 Å². The van der Waals surface area contributed by atoms with E-state index in [0.29, 0.717) is 11.6 Å². The molecule has 0 aliphatic carbocycles. The molecule has 0 spiro atoms. The van der Waals surface area contributed by atoms with Crippen molar-refractivity contribution in [3.8, 4) is 0 Å². The highest BCUT2D eigenvalue weighted by molar-refractivity contribution is 5.96. The van der Waals surface area contributed by atoms with Gasteiger partial charge >= 0.3 is 5.97 Å². The topological polar surface area (TPSA) is 55.6 Å². The molecule has 5 heteroatoms. The Balaban J connectivity index is 3.24. The van der Waals surface area contributed by atoms with Crippen LogP contribution in [0.3, 0.4) is 0 Å². The summed E-state index contributed by atoms with van der Waals surface area (Å²) < 4.78 is 18.6. The number of benzene rings is 1. The summed E-state index contributed by atoms with van der Waals surface area (Å²) in [6, 6.07) is 2.73. The summed E-state index contributed by atoms with van der Waals surface area (Å²) in [6.45, 7) is 6.10. The van der Waals surface area contributed by atoms with Crippen molar-refractivity contribution in [2.24, 2.45) is 5.92 Å². The fraction of sp³-hybridized carbons (Fsp3) is 0.500. The lowest BCUT2D eigenvalue weighted by atomic mass is 10.0. The van der Waals surface area contributed by atoms with Crippen LogP contribution in [0.5, 0.6) is 0 Å².